The molecule has 3 amide bonds. The molecule has 0 aliphatic carbocycles. The topological polar surface area (TPSA) is 87.3 Å². The van der Waals surface area contributed by atoms with Crippen LogP contribution >= 0.6 is 0 Å². The molecule has 0 bridgehead atoms. The van der Waals surface area contributed by atoms with E-state index in [1.807, 2.05) is 30.3 Å². The number of carbonyl (C=O) groups is 3. The fourth-order valence-electron chi connectivity index (χ4n) is 2.44. The first-order valence-corrected chi connectivity index (χ1v) is 9.15. The van der Waals surface area contributed by atoms with Gasteiger partial charge in [0.2, 0.25) is 11.8 Å². The lowest BCUT2D eigenvalue weighted by atomic mass is 10.2. The minimum absolute atomic E-state index is 0.129. The molecule has 0 aromatic heterocycles. The maximum atomic E-state index is 12.8. The van der Waals surface area contributed by atoms with E-state index in [2.05, 4.69) is 16.0 Å². The zero-order valence-electron chi connectivity index (χ0n) is 15.5. The van der Waals surface area contributed by atoms with Gasteiger partial charge in [0.15, 0.2) is 0 Å². The van der Waals surface area contributed by atoms with Gasteiger partial charge in [-0.25, -0.2) is 4.39 Å². The van der Waals surface area contributed by atoms with E-state index in [1.165, 1.54) is 24.3 Å². The molecule has 7 heteroatoms. The summed E-state index contributed by atoms with van der Waals surface area (Å²) < 4.78 is 12.8. The van der Waals surface area contributed by atoms with Crippen LogP contribution in [0.2, 0.25) is 0 Å². The van der Waals surface area contributed by atoms with Crippen LogP contribution in [0.15, 0.2) is 54.6 Å². The average molecular weight is 385 g/mol. The van der Waals surface area contributed by atoms with Crippen molar-refractivity contribution < 1.29 is 18.8 Å². The van der Waals surface area contributed by atoms with Gasteiger partial charge >= 0.3 is 0 Å². The average Bonchev–Trinajstić information content (AvgIpc) is 2.71. The molecule has 0 spiro atoms. The molecule has 0 unspecified atom stereocenters. The molecule has 2 rings (SSSR count). The maximum Gasteiger partial charge on any atom is 0.251 e. The zero-order chi connectivity index (χ0) is 20.2. The van der Waals surface area contributed by atoms with Gasteiger partial charge in [-0.1, -0.05) is 30.3 Å². The molecule has 0 saturated carbocycles. The van der Waals surface area contributed by atoms with Crippen molar-refractivity contribution in [1.29, 1.82) is 0 Å². The van der Waals surface area contributed by atoms with Crippen molar-refractivity contribution in [2.24, 2.45) is 0 Å². The summed E-state index contributed by atoms with van der Waals surface area (Å²) in [6.07, 6.45) is 0.925. The standard InChI is InChI=1S/C21H24FN3O3/c22-18-10-8-17(9-11-18)21(28)24-13-4-7-19(26)23-14-12-20(27)25-15-16-5-2-1-3-6-16/h1-3,5-6,8-11H,4,7,12-15H2,(H,23,26)(H,24,28)(H,25,27). The Kier molecular flexibility index (Phi) is 8.65. The Labute approximate surface area is 163 Å². The molecule has 0 aliphatic rings. The number of rotatable bonds is 10. The van der Waals surface area contributed by atoms with E-state index in [1.54, 1.807) is 0 Å². The van der Waals surface area contributed by atoms with Gasteiger partial charge in [-0.2, -0.15) is 0 Å². The van der Waals surface area contributed by atoms with Gasteiger partial charge in [0, 0.05) is 38.0 Å². The lowest BCUT2D eigenvalue weighted by Crippen LogP contribution is -2.31. The summed E-state index contributed by atoms with van der Waals surface area (Å²) in [5, 5.41) is 8.15. The zero-order valence-corrected chi connectivity index (χ0v) is 15.5. The van der Waals surface area contributed by atoms with Crippen molar-refractivity contribution >= 4 is 17.7 Å². The Balaban J connectivity index is 1.52. The highest BCUT2D eigenvalue weighted by atomic mass is 19.1. The van der Waals surface area contributed by atoms with Gasteiger partial charge in [0.1, 0.15) is 5.82 Å². The van der Waals surface area contributed by atoms with Gasteiger partial charge in [0.25, 0.3) is 5.91 Å². The largest absolute Gasteiger partial charge is 0.356 e. The van der Waals surface area contributed by atoms with Gasteiger partial charge in [-0.3, -0.25) is 14.4 Å². The molecule has 0 atom stereocenters. The quantitative estimate of drug-likeness (QED) is 0.548. The molecular formula is C21H24FN3O3. The lowest BCUT2D eigenvalue weighted by molar-refractivity contribution is -0.122. The van der Waals surface area contributed by atoms with Crippen LogP contribution in [0.3, 0.4) is 0 Å². The molecule has 0 saturated heterocycles. The summed E-state index contributed by atoms with van der Waals surface area (Å²) >= 11 is 0. The van der Waals surface area contributed by atoms with Crippen LogP contribution in [-0.2, 0) is 16.1 Å². The second-order valence-corrected chi connectivity index (χ2v) is 6.23. The third kappa shape index (κ3) is 7.99. The summed E-state index contributed by atoms with van der Waals surface area (Å²) in [6, 6.07) is 14.8. The fourth-order valence-corrected chi connectivity index (χ4v) is 2.44. The van der Waals surface area contributed by atoms with E-state index in [9.17, 15) is 18.8 Å². The Hall–Kier alpha value is -3.22. The molecule has 28 heavy (non-hydrogen) atoms. The van der Waals surface area contributed by atoms with Crippen LogP contribution < -0.4 is 16.0 Å². The summed E-state index contributed by atoms with van der Waals surface area (Å²) in [4.78, 5) is 35.3. The van der Waals surface area contributed by atoms with Crippen LogP contribution in [0.1, 0.15) is 35.2 Å². The van der Waals surface area contributed by atoms with Gasteiger partial charge in [-0.15, -0.1) is 0 Å². The lowest BCUT2D eigenvalue weighted by Gasteiger charge is -2.08. The molecule has 0 aliphatic heterocycles. The SMILES string of the molecule is O=C(CCCNC(=O)c1ccc(F)cc1)NCCC(=O)NCc1ccccc1. The van der Waals surface area contributed by atoms with Crippen molar-refractivity contribution in [2.45, 2.75) is 25.8 Å². The number of carbonyl (C=O) groups excluding carboxylic acids is 3. The molecular weight excluding hydrogens is 361 g/mol. The van der Waals surface area contributed by atoms with Crippen LogP contribution in [0.25, 0.3) is 0 Å². The first-order valence-electron chi connectivity index (χ1n) is 9.15. The highest BCUT2D eigenvalue weighted by molar-refractivity contribution is 5.94. The second kappa shape index (κ2) is 11.5. The van der Waals surface area contributed by atoms with E-state index < -0.39 is 5.82 Å². The monoisotopic (exact) mass is 385 g/mol. The number of benzene rings is 2. The third-order valence-corrected chi connectivity index (χ3v) is 3.98. The minimum atomic E-state index is -0.401. The van der Waals surface area contributed by atoms with Gasteiger partial charge in [-0.05, 0) is 36.2 Å². The normalized spacial score (nSPS) is 10.2. The van der Waals surface area contributed by atoms with E-state index in [0.29, 0.717) is 25.1 Å². The molecule has 3 N–H and O–H groups in total. The molecule has 148 valence electrons. The number of hydrogen-bond donors (Lipinski definition) is 3. The third-order valence-electron chi connectivity index (χ3n) is 3.98. The molecule has 0 fully saturated rings. The first-order chi connectivity index (χ1) is 13.5. The van der Waals surface area contributed by atoms with E-state index >= 15 is 0 Å². The molecule has 2 aromatic carbocycles. The smallest absolute Gasteiger partial charge is 0.251 e. The Morgan fingerprint density at radius 1 is 0.750 bits per heavy atom. The van der Waals surface area contributed by atoms with Crippen molar-refractivity contribution in [3.8, 4) is 0 Å². The van der Waals surface area contributed by atoms with Crippen molar-refractivity contribution in [1.82, 2.24) is 16.0 Å². The van der Waals surface area contributed by atoms with Crippen molar-refractivity contribution in [2.75, 3.05) is 13.1 Å². The Bertz CT molecular complexity index is 779. The summed E-state index contributed by atoms with van der Waals surface area (Å²) in [5.74, 6) is -1.01. The number of halogens is 1. The fraction of sp³-hybridized carbons (Fsp3) is 0.286. The van der Waals surface area contributed by atoms with Gasteiger partial charge < -0.3 is 16.0 Å². The predicted molar refractivity (Wildman–Crippen MR) is 104 cm³/mol. The summed E-state index contributed by atoms with van der Waals surface area (Å²) in [7, 11) is 0. The number of nitrogens with one attached hydrogen (secondary N) is 3. The van der Waals surface area contributed by atoms with E-state index in [-0.39, 0.29) is 37.1 Å². The maximum absolute atomic E-state index is 12.8. The minimum Gasteiger partial charge on any atom is -0.356 e. The van der Waals surface area contributed by atoms with Crippen LogP contribution in [0, 0.1) is 5.82 Å². The molecule has 0 radical (unpaired) electrons. The van der Waals surface area contributed by atoms with Gasteiger partial charge in [0.05, 0.1) is 0 Å². The van der Waals surface area contributed by atoms with Crippen molar-refractivity contribution in [3.63, 3.8) is 0 Å². The Morgan fingerprint density at radius 2 is 1.43 bits per heavy atom. The molecule has 0 heterocycles. The Morgan fingerprint density at radius 3 is 2.14 bits per heavy atom. The van der Waals surface area contributed by atoms with E-state index in [4.69, 9.17) is 0 Å². The summed E-state index contributed by atoms with van der Waals surface area (Å²) in [6.45, 7) is 1.06. The first kappa shape index (κ1) is 21.1. The molecule has 6 nitrogen and oxygen atoms in total. The van der Waals surface area contributed by atoms with Crippen LogP contribution in [-0.4, -0.2) is 30.8 Å². The second-order valence-electron chi connectivity index (χ2n) is 6.23. The predicted octanol–water partition coefficient (Wildman–Crippen LogP) is 2.16. The van der Waals surface area contributed by atoms with Crippen molar-refractivity contribution in [3.05, 3.63) is 71.5 Å². The highest BCUT2D eigenvalue weighted by Gasteiger charge is 2.07. The summed E-state index contributed by atoms with van der Waals surface area (Å²) in [5.41, 5.74) is 1.38. The number of amides is 3. The highest BCUT2D eigenvalue weighted by Crippen LogP contribution is 2.02. The number of hydrogen-bond acceptors (Lipinski definition) is 3. The van der Waals surface area contributed by atoms with Crippen LogP contribution in [0.5, 0.6) is 0 Å². The van der Waals surface area contributed by atoms with E-state index in [0.717, 1.165) is 5.56 Å². The van der Waals surface area contributed by atoms with Crippen LogP contribution in [0.4, 0.5) is 4.39 Å². The molecule has 2 aromatic rings.